The molecular weight excluding hydrogens is 150 g/mol. The van der Waals surface area contributed by atoms with E-state index < -0.39 is 0 Å². The lowest BCUT2D eigenvalue weighted by Crippen LogP contribution is -2.27. The fourth-order valence-electron chi connectivity index (χ4n) is 1.57. The van der Waals surface area contributed by atoms with E-state index in [1.807, 2.05) is 23.8 Å². The van der Waals surface area contributed by atoms with Gasteiger partial charge in [-0.25, -0.2) is 0 Å². The van der Waals surface area contributed by atoms with E-state index in [0.29, 0.717) is 6.04 Å². The molecule has 0 amide bonds. The summed E-state index contributed by atoms with van der Waals surface area (Å²) >= 11 is 0. The van der Waals surface area contributed by atoms with E-state index in [1.54, 1.807) is 6.07 Å². The average molecular weight is 163 g/mol. The van der Waals surface area contributed by atoms with Crippen molar-refractivity contribution in [1.29, 1.82) is 0 Å². The number of aryl methyl sites for hydroxylation is 1. The third-order valence-electron chi connectivity index (χ3n) is 2.55. The molecule has 0 spiro atoms. The summed E-state index contributed by atoms with van der Waals surface area (Å²) in [7, 11) is 0. The molecular formula is C10H13NO. The summed E-state index contributed by atoms with van der Waals surface area (Å²) in [5.41, 5.74) is 1.31. The van der Waals surface area contributed by atoms with Gasteiger partial charge in [-0.05, 0) is 31.7 Å². The van der Waals surface area contributed by atoms with E-state index in [0.717, 1.165) is 0 Å². The standard InChI is InChI=1S/C10H13NO/c1-8-5-6-10(12)11(7-8)9-3-2-4-9/h5-7,9H,2-4H2,1H3. The van der Waals surface area contributed by atoms with Crippen LogP contribution in [0, 0.1) is 6.92 Å². The molecule has 2 heteroatoms. The van der Waals surface area contributed by atoms with Crippen LogP contribution >= 0.6 is 0 Å². The minimum atomic E-state index is 0.144. The van der Waals surface area contributed by atoms with Crippen LogP contribution in [0.2, 0.25) is 0 Å². The van der Waals surface area contributed by atoms with E-state index in [9.17, 15) is 4.79 Å². The molecule has 1 saturated carbocycles. The Morgan fingerprint density at radius 3 is 2.75 bits per heavy atom. The molecule has 0 aliphatic heterocycles. The van der Waals surface area contributed by atoms with Gasteiger partial charge in [-0.2, -0.15) is 0 Å². The molecule has 2 rings (SSSR count). The van der Waals surface area contributed by atoms with Gasteiger partial charge < -0.3 is 4.57 Å². The van der Waals surface area contributed by atoms with Gasteiger partial charge in [-0.1, -0.05) is 6.07 Å². The van der Waals surface area contributed by atoms with Crippen molar-refractivity contribution in [2.24, 2.45) is 0 Å². The largest absolute Gasteiger partial charge is 0.312 e. The summed E-state index contributed by atoms with van der Waals surface area (Å²) in [4.78, 5) is 11.4. The average Bonchev–Trinajstić information content (AvgIpc) is 1.93. The Hall–Kier alpha value is -1.05. The molecule has 0 radical (unpaired) electrons. The number of pyridine rings is 1. The minimum Gasteiger partial charge on any atom is -0.312 e. The maximum atomic E-state index is 11.4. The number of rotatable bonds is 1. The molecule has 1 aliphatic carbocycles. The fourth-order valence-corrected chi connectivity index (χ4v) is 1.57. The molecule has 0 bridgehead atoms. The summed E-state index contributed by atoms with van der Waals surface area (Å²) < 4.78 is 1.87. The highest BCUT2D eigenvalue weighted by molar-refractivity contribution is 5.08. The Morgan fingerprint density at radius 1 is 1.42 bits per heavy atom. The highest BCUT2D eigenvalue weighted by Gasteiger charge is 2.19. The first-order valence-electron chi connectivity index (χ1n) is 4.46. The van der Waals surface area contributed by atoms with Crippen molar-refractivity contribution in [1.82, 2.24) is 4.57 Å². The SMILES string of the molecule is Cc1ccc(=O)n(C2CCC2)c1. The summed E-state index contributed by atoms with van der Waals surface area (Å²) in [5, 5.41) is 0. The van der Waals surface area contributed by atoms with Crippen molar-refractivity contribution in [2.75, 3.05) is 0 Å². The lowest BCUT2D eigenvalue weighted by molar-refractivity contribution is 0.306. The zero-order valence-corrected chi connectivity index (χ0v) is 7.29. The predicted molar refractivity (Wildman–Crippen MR) is 48.3 cm³/mol. The van der Waals surface area contributed by atoms with Crippen LogP contribution in [-0.2, 0) is 0 Å². The normalized spacial score (nSPS) is 17.4. The van der Waals surface area contributed by atoms with Gasteiger partial charge in [0.25, 0.3) is 5.56 Å². The van der Waals surface area contributed by atoms with Gasteiger partial charge in [-0.15, -0.1) is 0 Å². The molecule has 1 aromatic heterocycles. The summed E-state index contributed by atoms with van der Waals surface area (Å²) in [6.07, 6.45) is 5.57. The number of aromatic nitrogens is 1. The van der Waals surface area contributed by atoms with Crippen LogP contribution in [-0.4, -0.2) is 4.57 Å². The molecule has 64 valence electrons. The van der Waals surface area contributed by atoms with Gasteiger partial charge in [0.15, 0.2) is 0 Å². The Kier molecular flexibility index (Phi) is 1.75. The zero-order valence-electron chi connectivity index (χ0n) is 7.29. The van der Waals surface area contributed by atoms with E-state index in [1.165, 1.54) is 24.8 Å². The number of nitrogens with zero attached hydrogens (tertiary/aromatic N) is 1. The molecule has 1 aromatic rings. The second kappa shape index (κ2) is 2.77. The third kappa shape index (κ3) is 1.17. The van der Waals surface area contributed by atoms with Crippen LogP contribution in [0.15, 0.2) is 23.1 Å². The van der Waals surface area contributed by atoms with Crippen molar-refractivity contribution < 1.29 is 0 Å². The van der Waals surface area contributed by atoms with Crippen LogP contribution < -0.4 is 5.56 Å². The summed E-state index contributed by atoms with van der Waals surface area (Å²) in [6.45, 7) is 2.02. The van der Waals surface area contributed by atoms with E-state index in [2.05, 4.69) is 0 Å². The molecule has 1 heterocycles. The van der Waals surface area contributed by atoms with Crippen molar-refractivity contribution in [3.63, 3.8) is 0 Å². The molecule has 2 nitrogen and oxygen atoms in total. The highest BCUT2D eigenvalue weighted by atomic mass is 16.1. The van der Waals surface area contributed by atoms with Gasteiger partial charge in [0, 0.05) is 18.3 Å². The maximum absolute atomic E-state index is 11.4. The Bertz CT molecular complexity index is 336. The van der Waals surface area contributed by atoms with Gasteiger partial charge in [-0.3, -0.25) is 4.79 Å². The van der Waals surface area contributed by atoms with Crippen molar-refractivity contribution >= 4 is 0 Å². The van der Waals surface area contributed by atoms with Crippen LogP contribution in [0.3, 0.4) is 0 Å². The van der Waals surface area contributed by atoms with Crippen molar-refractivity contribution in [3.05, 3.63) is 34.2 Å². The summed E-state index contributed by atoms with van der Waals surface area (Å²) in [6, 6.07) is 4.02. The lowest BCUT2D eigenvalue weighted by Gasteiger charge is -2.27. The van der Waals surface area contributed by atoms with Crippen LogP contribution in [0.1, 0.15) is 30.9 Å². The quantitative estimate of drug-likeness (QED) is 0.619. The molecule has 0 aromatic carbocycles. The third-order valence-corrected chi connectivity index (χ3v) is 2.55. The lowest BCUT2D eigenvalue weighted by atomic mass is 9.93. The summed E-state index contributed by atoms with van der Waals surface area (Å²) in [5.74, 6) is 0. The maximum Gasteiger partial charge on any atom is 0.250 e. The minimum absolute atomic E-state index is 0.144. The second-order valence-electron chi connectivity index (χ2n) is 3.54. The van der Waals surface area contributed by atoms with E-state index >= 15 is 0 Å². The van der Waals surface area contributed by atoms with Crippen LogP contribution in [0.4, 0.5) is 0 Å². The first kappa shape index (κ1) is 7.59. The smallest absolute Gasteiger partial charge is 0.250 e. The van der Waals surface area contributed by atoms with Gasteiger partial charge in [0.05, 0.1) is 0 Å². The number of hydrogen-bond acceptors (Lipinski definition) is 1. The predicted octanol–water partition coefficient (Wildman–Crippen LogP) is 1.88. The Morgan fingerprint density at radius 2 is 2.17 bits per heavy atom. The molecule has 1 aliphatic rings. The Balaban J connectivity index is 2.40. The molecule has 0 atom stereocenters. The topological polar surface area (TPSA) is 22.0 Å². The Labute approximate surface area is 71.8 Å². The molecule has 0 N–H and O–H groups in total. The fraction of sp³-hybridized carbons (Fsp3) is 0.500. The van der Waals surface area contributed by atoms with Gasteiger partial charge in [0.1, 0.15) is 0 Å². The molecule has 0 saturated heterocycles. The van der Waals surface area contributed by atoms with Gasteiger partial charge in [0.2, 0.25) is 0 Å². The van der Waals surface area contributed by atoms with Gasteiger partial charge >= 0.3 is 0 Å². The van der Waals surface area contributed by atoms with Crippen molar-refractivity contribution in [2.45, 2.75) is 32.2 Å². The molecule has 0 unspecified atom stereocenters. The molecule has 12 heavy (non-hydrogen) atoms. The first-order valence-corrected chi connectivity index (χ1v) is 4.46. The van der Waals surface area contributed by atoms with E-state index in [-0.39, 0.29) is 5.56 Å². The first-order chi connectivity index (χ1) is 5.77. The van der Waals surface area contributed by atoms with Crippen LogP contribution in [0.25, 0.3) is 0 Å². The highest BCUT2D eigenvalue weighted by Crippen LogP contribution is 2.29. The van der Waals surface area contributed by atoms with Crippen LogP contribution in [0.5, 0.6) is 0 Å². The number of hydrogen-bond donors (Lipinski definition) is 0. The monoisotopic (exact) mass is 163 g/mol. The zero-order chi connectivity index (χ0) is 8.55. The second-order valence-corrected chi connectivity index (χ2v) is 3.54. The molecule has 1 fully saturated rings. The van der Waals surface area contributed by atoms with Crippen molar-refractivity contribution in [3.8, 4) is 0 Å². The van der Waals surface area contributed by atoms with E-state index in [4.69, 9.17) is 0 Å².